The summed E-state index contributed by atoms with van der Waals surface area (Å²) in [5.41, 5.74) is 9.46. The van der Waals surface area contributed by atoms with Gasteiger partial charge in [-0.1, -0.05) is 158 Å². The molecule has 1 N–H and O–H groups in total. The maximum absolute atomic E-state index is 6.59. The van der Waals surface area contributed by atoms with E-state index in [2.05, 4.69) is 181 Å². The van der Waals surface area contributed by atoms with Crippen molar-refractivity contribution in [1.29, 1.82) is 0 Å². The van der Waals surface area contributed by atoms with Crippen LogP contribution in [0.4, 0.5) is 0 Å². The van der Waals surface area contributed by atoms with E-state index in [1.807, 2.05) is 12.1 Å². The standard InChI is InChI=1S/C51H35N3O/c1-2-10-32(11-3-1)37-20-21-39-29-42(25-22-38(39)26-37)50-52-49(41-24-19-34-13-5-7-15-36(34)28-41)53-51(54-50)43-30-45(40-23-18-33-12-4-6-14-35(33)27-40)48-44-16-8-9-17-46(44)55-47(48)31-43/h1-31,38-39,51H,(H,52,53,54). The first-order chi connectivity index (χ1) is 27.2. The summed E-state index contributed by atoms with van der Waals surface area (Å²) < 4.78 is 6.59. The number of fused-ring (bicyclic) bond motifs is 6. The van der Waals surface area contributed by atoms with Gasteiger partial charge >= 0.3 is 0 Å². The summed E-state index contributed by atoms with van der Waals surface area (Å²) in [5.74, 6) is 2.10. The van der Waals surface area contributed by atoms with Gasteiger partial charge in [-0.15, -0.1) is 0 Å². The molecule has 4 heteroatoms. The van der Waals surface area contributed by atoms with Gasteiger partial charge < -0.3 is 9.73 Å². The number of nitrogens with one attached hydrogen (secondary N) is 1. The number of para-hydroxylation sites is 1. The van der Waals surface area contributed by atoms with Crippen molar-refractivity contribution >= 4 is 60.7 Å². The lowest BCUT2D eigenvalue weighted by molar-refractivity contribution is 0.658. The van der Waals surface area contributed by atoms with Gasteiger partial charge in [-0.25, -0.2) is 9.98 Å². The van der Waals surface area contributed by atoms with Crippen molar-refractivity contribution in [1.82, 2.24) is 5.32 Å². The van der Waals surface area contributed by atoms with Crippen LogP contribution in [0, 0.1) is 11.8 Å². The number of amidine groups is 2. The molecule has 8 aromatic rings. The number of aliphatic imine (C=N–C) groups is 2. The van der Waals surface area contributed by atoms with Gasteiger partial charge in [-0.2, -0.15) is 0 Å². The number of allylic oxidation sites excluding steroid dienone is 6. The lowest BCUT2D eigenvalue weighted by Gasteiger charge is -2.28. The van der Waals surface area contributed by atoms with Crippen LogP contribution in [0.25, 0.3) is 60.2 Å². The predicted octanol–water partition coefficient (Wildman–Crippen LogP) is 12.4. The summed E-state index contributed by atoms with van der Waals surface area (Å²) in [7, 11) is 0. The zero-order chi connectivity index (χ0) is 36.3. The second-order valence-electron chi connectivity index (χ2n) is 14.6. The normalized spacial score (nSPS) is 19.2. The summed E-state index contributed by atoms with van der Waals surface area (Å²) in [5, 5.41) is 10.6. The first-order valence-electron chi connectivity index (χ1n) is 18.9. The van der Waals surface area contributed by atoms with Crippen molar-refractivity contribution in [2.24, 2.45) is 21.8 Å². The van der Waals surface area contributed by atoms with Crippen molar-refractivity contribution in [3.05, 3.63) is 210 Å². The molecule has 2 heterocycles. The van der Waals surface area contributed by atoms with E-state index in [9.17, 15) is 0 Å². The summed E-state index contributed by atoms with van der Waals surface area (Å²) >= 11 is 0. The van der Waals surface area contributed by atoms with E-state index in [1.54, 1.807) is 0 Å². The minimum absolute atomic E-state index is 0.227. The Morgan fingerprint density at radius 1 is 0.473 bits per heavy atom. The van der Waals surface area contributed by atoms with Crippen molar-refractivity contribution in [2.75, 3.05) is 0 Å². The highest BCUT2D eigenvalue weighted by atomic mass is 16.3. The van der Waals surface area contributed by atoms with E-state index < -0.39 is 6.17 Å². The molecule has 11 rings (SSSR count). The SMILES string of the molecule is C1=CC2C=C(c3ccccc3)C=CC2C=C1C1=NC(c2cc(-c3ccc4ccccc4c3)c3c(c2)oc2ccccc23)N=C(c2ccc3ccccc3c2)N1. The topological polar surface area (TPSA) is 49.9 Å². The fourth-order valence-electron chi connectivity index (χ4n) is 8.36. The van der Waals surface area contributed by atoms with Gasteiger partial charge in [-0.3, -0.25) is 0 Å². The van der Waals surface area contributed by atoms with E-state index in [0.29, 0.717) is 0 Å². The minimum atomic E-state index is -0.506. The quantitative estimate of drug-likeness (QED) is 0.194. The molecular formula is C51H35N3O. The number of benzene rings is 7. The molecule has 3 atom stereocenters. The third kappa shape index (κ3) is 5.62. The molecular weight excluding hydrogens is 671 g/mol. The third-order valence-electron chi connectivity index (χ3n) is 11.2. The van der Waals surface area contributed by atoms with Gasteiger partial charge in [0.2, 0.25) is 0 Å². The largest absolute Gasteiger partial charge is 0.456 e. The summed E-state index contributed by atoms with van der Waals surface area (Å²) in [6, 6.07) is 53.5. The van der Waals surface area contributed by atoms with Crippen LogP contribution in [0.2, 0.25) is 0 Å². The Bertz CT molecular complexity index is 3030. The molecule has 0 amide bonds. The smallest absolute Gasteiger partial charge is 0.169 e. The predicted molar refractivity (Wildman–Crippen MR) is 228 cm³/mol. The van der Waals surface area contributed by atoms with Crippen LogP contribution in [-0.2, 0) is 0 Å². The molecule has 260 valence electrons. The van der Waals surface area contributed by atoms with Gasteiger partial charge in [0.15, 0.2) is 6.17 Å². The number of furan rings is 1. The molecule has 0 spiro atoms. The molecule has 3 unspecified atom stereocenters. The van der Waals surface area contributed by atoms with Crippen LogP contribution in [0.15, 0.2) is 208 Å². The number of nitrogens with zero attached hydrogens (tertiary/aromatic N) is 2. The zero-order valence-electron chi connectivity index (χ0n) is 29.9. The Morgan fingerprint density at radius 2 is 1.09 bits per heavy atom. The first kappa shape index (κ1) is 31.5. The van der Waals surface area contributed by atoms with Gasteiger partial charge in [0.05, 0.1) is 0 Å². The molecule has 55 heavy (non-hydrogen) atoms. The Labute approximate surface area is 318 Å². The molecule has 7 aromatic carbocycles. The van der Waals surface area contributed by atoms with E-state index in [0.717, 1.165) is 61.4 Å². The highest BCUT2D eigenvalue weighted by Gasteiger charge is 2.27. The average molecular weight is 706 g/mol. The van der Waals surface area contributed by atoms with Gasteiger partial charge in [-0.05, 0) is 74.1 Å². The van der Waals surface area contributed by atoms with Gasteiger partial charge in [0.25, 0.3) is 0 Å². The van der Waals surface area contributed by atoms with Crippen LogP contribution in [-0.4, -0.2) is 11.7 Å². The molecule has 0 saturated heterocycles. The molecule has 1 aromatic heterocycles. The van der Waals surface area contributed by atoms with Crippen molar-refractivity contribution in [3.63, 3.8) is 0 Å². The molecule has 3 aliphatic rings. The highest BCUT2D eigenvalue weighted by Crippen LogP contribution is 2.41. The Balaban J connectivity index is 1.05. The number of hydrogen-bond acceptors (Lipinski definition) is 4. The van der Waals surface area contributed by atoms with Crippen molar-refractivity contribution in [2.45, 2.75) is 6.17 Å². The lowest BCUT2D eigenvalue weighted by Crippen LogP contribution is -2.37. The van der Waals surface area contributed by atoms with Gasteiger partial charge in [0.1, 0.15) is 22.8 Å². The Kier molecular flexibility index (Phi) is 7.34. The highest BCUT2D eigenvalue weighted by molar-refractivity contribution is 6.18. The molecule has 0 radical (unpaired) electrons. The molecule has 0 bridgehead atoms. The zero-order valence-corrected chi connectivity index (χ0v) is 29.9. The second kappa shape index (κ2) is 12.8. The second-order valence-corrected chi connectivity index (χ2v) is 14.6. The van der Waals surface area contributed by atoms with Crippen molar-refractivity contribution < 1.29 is 4.42 Å². The number of rotatable bonds is 5. The van der Waals surface area contributed by atoms with Crippen LogP contribution < -0.4 is 5.32 Å². The molecule has 1 aliphatic heterocycles. The maximum Gasteiger partial charge on any atom is 0.169 e. The molecule has 0 fully saturated rings. The average Bonchev–Trinajstić information content (AvgIpc) is 3.64. The summed E-state index contributed by atoms with van der Waals surface area (Å²) in [4.78, 5) is 10.7. The first-order valence-corrected chi connectivity index (χ1v) is 18.9. The van der Waals surface area contributed by atoms with Gasteiger partial charge in [0, 0.05) is 39.3 Å². The fourth-order valence-corrected chi connectivity index (χ4v) is 8.36. The summed E-state index contributed by atoms with van der Waals surface area (Å²) in [6.07, 6.45) is 13.3. The number of hydrogen-bond donors (Lipinski definition) is 1. The Morgan fingerprint density at radius 3 is 1.87 bits per heavy atom. The maximum atomic E-state index is 6.59. The van der Waals surface area contributed by atoms with E-state index in [-0.39, 0.29) is 11.8 Å². The van der Waals surface area contributed by atoms with E-state index in [1.165, 1.54) is 32.7 Å². The fraction of sp³-hybridized carbons (Fsp3) is 0.0588. The molecule has 4 nitrogen and oxygen atoms in total. The minimum Gasteiger partial charge on any atom is -0.456 e. The van der Waals surface area contributed by atoms with Crippen LogP contribution >= 0.6 is 0 Å². The Hall–Kier alpha value is -7.04. The van der Waals surface area contributed by atoms with Crippen LogP contribution in [0.3, 0.4) is 0 Å². The molecule has 0 saturated carbocycles. The van der Waals surface area contributed by atoms with Crippen molar-refractivity contribution in [3.8, 4) is 11.1 Å². The lowest BCUT2D eigenvalue weighted by atomic mass is 9.79. The van der Waals surface area contributed by atoms with Crippen LogP contribution in [0.5, 0.6) is 0 Å². The third-order valence-corrected chi connectivity index (χ3v) is 11.2. The van der Waals surface area contributed by atoms with E-state index in [4.69, 9.17) is 14.4 Å². The monoisotopic (exact) mass is 705 g/mol. The summed E-state index contributed by atoms with van der Waals surface area (Å²) in [6.45, 7) is 0. The molecule has 2 aliphatic carbocycles. The van der Waals surface area contributed by atoms with E-state index >= 15 is 0 Å². The van der Waals surface area contributed by atoms with Crippen LogP contribution in [0.1, 0.15) is 22.9 Å².